The summed E-state index contributed by atoms with van der Waals surface area (Å²) in [5, 5.41) is 13.0. The third kappa shape index (κ3) is 7.28. The maximum Gasteiger partial charge on any atom is 0.162 e. The van der Waals surface area contributed by atoms with Crippen LogP contribution in [0.15, 0.2) is 72.9 Å². The predicted molar refractivity (Wildman–Crippen MR) is 143 cm³/mol. The minimum atomic E-state index is 0. The van der Waals surface area contributed by atoms with Crippen LogP contribution in [0.4, 0.5) is 0 Å². The van der Waals surface area contributed by atoms with Crippen molar-refractivity contribution in [2.45, 2.75) is 53.4 Å². The first kappa shape index (κ1) is 29.3. The van der Waals surface area contributed by atoms with Crippen LogP contribution in [-0.2, 0) is 24.9 Å². The third-order valence-corrected chi connectivity index (χ3v) is 6.40. The normalized spacial score (nSPS) is 11.3. The van der Waals surface area contributed by atoms with E-state index in [1.165, 1.54) is 6.08 Å². The Labute approximate surface area is 227 Å². The average Bonchev–Trinajstić information content (AvgIpc) is 2.90. The maximum atomic E-state index is 11.7. The van der Waals surface area contributed by atoms with E-state index in [0.717, 1.165) is 52.9 Å². The summed E-state index contributed by atoms with van der Waals surface area (Å²) < 4.78 is 0. The van der Waals surface area contributed by atoms with Crippen molar-refractivity contribution in [2.75, 3.05) is 0 Å². The van der Waals surface area contributed by atoms with Crippen LogP contribution in [0.5, 0.6) is 0 Å². The van der Waals surface area contributed by atoms with Crippen LogP contribution in [0.1, 0.15) is 53.4 Å². The monoisotopic (exact) mass is 661 g/mol. The second-order valence-corrected chi connectivity index (χ2v) is 8.57. The molecule has 0 fully saturated rings. The molecule has 0 bridgehead atoms. The minimum absolute atomic E-state index is 0. The number of aliphatic hydroxyl groups excluding tert-OH is 1. The number of pyridine rings is 1. The number of carbonyl (C=O) groups is 1. The largest absolute Gasteiger partial charge is 0.512 e. The quantitative estimate of drug-likeness (QED) is 0.0917. The molecular formula is C30H34IrN3O2-. The Morgan fingerprint density at radius 2 is 1.64 bits per heavy atom. The van der Waals surface area contributed by atoms with Crippen LogP contribution < -0.4 is 0 Å². The Balaban J connectivity index is 0.000000260. The van der Waals surface area contributed by atoms with Crippen LogP contribution in [0, 0.1) is 17.9 Å². The fourth-order valence-electron chi connectivity index (χ4n) is 4.11. The number of aliphatic hydroxyl groups is 1. The van der Waals surface area contributed by atoms with Gasteiger partial charge in [0.25, 0.3) is 0 Å². The zero-order chi connectivity index (χ0) is 25.2. The summed E-state index contributed by atoms with van der Waals surface area (Å²) >= 11 is 0. The van der Waals surface area contributed by atoms with Crippen LogP contribution in [0.25, 0.3) is 33.1 Å². The summed E-state index contributed by atoms with van der Waals surface area (Å²) in [5.74, 6) is 1.24. The van der Waals surface area contributed by atoms with E-state index < -0.39 is 0 Å². The number of nitrogens with zero attached hydrogens (tertiary/aromatic N) is 3. The minimum Gasteiger partial charge on any atom is -0.512 e. The summed E-state index contributed by atoms with van der Waals surface area (Å²) in [5.41, 5.74) is 1.85. The number of fused-ring (bicyclic) bond motifs is 3. The van der Waals surface area contributed by atoms with Crippen LogP contribution in [0.3, 0.4) is 0 Å². The topological polar surface area (TPSA) is 76.0 Å². The van der Waals surface area contributed by atoms with Gasteiger partial charge in [-0.2, -0.15) is 0 Å². The molecule has 2 aromatic carbocycles. The van der Waals surface area contributed by atoms with E-state index in [1.54, 1.807) is 6.20 Å². The maximum absolute atomic E-state index is 11.7. The molecule has 0 unspecified atom stereocenters. The number of ketones is 1. The van der Waals surface area contributed by atoms with Crippen molar-refractivity contribution in [3.8, 4) is 11.4 Å². The van der Waals surface area contributed by atoms with Crippen molar-refractivity contribution >= 4 is 27.5 Å². The molecule has 0 aliphatic carbocycles. The van der Waals surface area contributed by atoms with Gasteiger partial charge in [0.1, 0.15) is 0 Å². The second-order valence-electron chi connectivity index (χ2n) is 8.57. The molecule has 0 saturated heterocycles. The SMILES string of the molecule is CCC(CC)C(=O)/C=C(\O)C(CC)CC.[Ir].[c-]1ccccc1-c1ncc2ccc3cnccc3c2n1. The summed E-state index contributed by atoms with van der Waals surface area (Å²) in [7, 11) is 0. The molecule has 1 radical (unpaired) electrons. The summed E-state index contributed by atoms with van der Waals surface area (Å²) in [4.78, 5) is 25.0. The Morgan fingerprint density at radius 3 is 2.28 bits per heavy atom. The van der Waals surface area contributed by atoms with Crippen molar-refractivity contribution in [1.29, 1.82) is 0 Å². The average molecular weight is 661 g/mol. The molecule has 36 heavy (non-hydrogen) atoms. The molecule has 4 aromatic rings. The third-order valence-electron chi connectivity index (χ3n) is 6.40. The van der Waals surface area contributed by atoms with E-state index in [0.29, 0.717) is 5.82 Å². The molecule has 5 nitrogen and oxygen atoms in total. The van der Waals surface area contributed by atoms with Gasteiger partial charge in [0.15, 0.2) is 5.78 Å². The van der Waals surface area contributed by atoms with E-state index >= 15 is 0 Å². The number of hydrogen-bond donors (Lipinski definition) is 1. The van der Waals surface area contributed by atoms with Crippen LogP contribution in [0.2, 0.25) is 0 Å². The molecule has 2 aromatic heterocycles. The van der Waals surface area contributed by atoms with Gasteiger partial charge >= 0.3 is 0 Å². The summed E-state index contributed by atoms with van der Waals surface area (Å²) in [6.07, 6.45) is 10.4. The molecule has 0 amide bonds. The number of carbonyl (C=O) groups excluding carboxylic acids is 1. The van der Waals surface area contributed by atoms with Gasteiger partial charge in [-0.1, -0.05) is 39.8 Å². The molecule has 4 rings (SSSR count). The molecule has 191 valence electrons. The van der Waals surface area contributed by atoms with Gasteiger partial charge in [0.05, 0.1) is 17.1 Å². The first-order chi connectivity index (χ1) is 17.0. The Hall–Kier alpha value is -2.95. The van der Waals surface area contributed by atoms with Crippen molar-refractivity contribution in [2.24, 2.45) is 11.8 Å². The Bertz CT molecular complexity index is 1280. The van der Waals surface area contributed by atoms with Crippen molar-refractivity contribution in [1.82, 2.24) is 15.0 Å². The number of benzene rings is 2. The van der Waals surface area contributed by atoms with Crippen molar-refractivity contribution < 1.29 is 30.0 Å². The summed E-state index contributed by atoms with van der Waals surface area (Å²) in [6.45, 7) is 8.07. The number of hydrogen-bond acceptors (Lipinski definition) is 5. The molecule has 2 heterocycles. The van der Waals surface area contributed by atoms with E-state index in [4.69, 9.17) is 4.98 Å². The molecule has 6 heteroatoms. The van der Waals surface area contributed by atoms with Gasteiger partial charge in [0, 0.05) is 72.8 Å². The van der Waals surface area contributed by atoms with E-state index in [2.05, 4.69) is 16.0 Å². The molecule has 0 aliphatic heterocycles. The van der Waals surface area contributed by atoms with Crippen LogP contribution in [-0.4, -0.2) is 25.8 Å². The van der Waals surface area contributed by atoms with Gasteiger partial charge < -0.3 is 5.11 Å². The predicted octanol–water partition coefficient (Wildman–Crippen LogP) is 7.51. The number of allylic oxidation sites excluding steroid dienone is 2. The van der Waals surface area contributed by atoms with Crippen molar-refractivity contribution in [3.63, 3.8) is 0 Å². The first-order valence-corrected chi connectivity index (χ1v) is 12.4. The molecule has 0 saturated carbocycles. The van der Waals surface area contributed by atoms with E-state index in [1.807, 2.05) is 82.6 Å². The summed E-state index contributed by atoms with van der Waals surface area (Å²) in [6, 6.07) is 17.0. The van der Waals surface area contributed by atoms with Gasteiger partial charge in [-0.05, 0) is 31.7 Å². The van der Waals surface area contributed by atoms with Gasteiger partial charge in [-0.3, -0.25) is 19.7 Å². The van der Waals surface area contributed by atoms with Gasteiger partial charge in [-0.25, -0.2) is 0 Å². The van der Waals surface area contributed by atoms with Crippen LogP contribution >= 0.6 is 0 Å². The fourth-order valence-corrected chi connectivity index (χ4v) is 4.11. The van der Waals surface area contributed by atoms with Gasteiger partial charge in [0.2, 0.25) is 0 Å². The van der Waals surface area contributed by atoms with Crippen molar-refractivity contribution in [3.05, 3.63) is 79.0 Å². The molecular weight excluding hydrogens is 627 g/mol. The molecule has 0 spiro atoms. The smallest absolute Gasteiger partial charge is 0.162 e. The van der Waals surface area contributed by atoms with E-state index in [-0.39, 0.29) is 43.5 Å². The fraction of sp³-hybridized carbons (Fsp3) is 0.333. The standard InChI is InChI=1S/C17H10N3.C13H24O2.Ir/c1-2-4-12(5-3-1)17-19-11-14-7-6-13-10-18-9-8-15(13)16(14)20-17;1-5-10(6-2)12(14)9-13(15)11(7-3)8-4;/h1-4,6-11H;9-11,14H,5-8H2,1-4H3;/q-1;;/b;12-9-;. The van der Waals surface area contributed by atoms with Gasteiger partial charge in [-0.15, -0.1) is 35.9 Å². The molecule has 0 aliphatic rings. The molecule has 1 N–H and O–H groups in total. The zero-order valence-corrected chi connectivity index (χ0v) is 23.8. The second kappa shape index (κ2) is 14.6. The Morgan fingerprint density at radius 1 is 0.944 bits per heavy atom. The van der Waals surface area contributed by atoms with E-state index in [9.17, 15) is 9.90 Å². The number of rotatable bonds is 8. The molecule has 0 atom stereocenters. The number of aromatic nitrogens is 3. The Kier molecular flexibility index (Phi) is 11.9. The zero-order valence-electron chi connectivity index (χ0n) is 21.4. The first-order valence-electron chi connectivity index (χ1n) is 12.4.